The van der Waals surface area contributed by atoms with E-state index < -0.39 is 0 Å². The largest absolute Gasteiger partial charge is 0.496 e. The van der Waals surface area contributed by atoms with Crippen LogP contribution in [0.4, 0.5) is 0 Å². The predicted molar refractivity (Wildman–Crippen MR) is 60.2 cm³/mol. The van der Waals surface area contributed by atoms with Crippen LogP contribution in [0.5, 0.6) is 0 Å². The van der Waals surface area contributed by atoms with Gasteiger partial charge in [0.15, 0.2) is 0 Å². The quantitative estimate of drug-likeness (QED) is 0.611. The van der Waals surface area contributed by atoms with Crippen LogP contribution >= 0.6 is 11.6 Å². The number of nitrogens with one attached hydrogen (secondary N) is 1. The predicted octanol–water partition coefficient (Wildman–Crippen LogP) is 2.15. The van der Waals surface area contributed by atoms with Crippen molar-refractivity contribution < 1.29 is 4.74 Å². The van der Waals surface area contributed by atoms with E-state index in [0.717, 1.165) is 24.4 Å². The fourth-order valence-corrected chi connectivity index (χ4v) is 1.87. The van der Waals surface area contributed by atoms with Gasteiger partial charge in [-0.2, -0.15) is 0 Å². The van der Waals surface area contributed by atoms with Crippen LogP contribution in [0.2, 0.25) is 5.02 Å². The van der Waals surface area contributed by atoms with Crippen LogP contribution < -0.4 is 11.3 Å². The topological polar surface area (TPSA) is 47.3 Å². The molecule has 1 heterocycles. The van der Waals surface area contributed by atoms with E-state index >= 15 is 0 Å². The summed E-state index contributed by atoms with van der Waals surface area (Å²) in [6, 6.07) is 7.49. The molecule has 0 aliphatic carbocycles. The first-order valence-electron chi connectivity index (χ1n) is 4.85. The van der Waals surface area contributed by atoms with Gasteiger partial charge in [-0.15, -0.1) is 0 Å². The molecule has 0 saturated heterocycles. The first-order valence-corrected chi connectivity index (χ1v) is 5.23. The highest BCUT2D eigenvalue weighted by atomic mass is 35.5. The standard InChI is InChI=1S/C11H13ClN2O/c12-9-4-1-3-8(7-9)11(14-13)10-5-2-6-15-10/h1,3-5,7,11,14H,2,6,13H2. The van der Waals surface area contributed by atoms with Crippen molar-refractivity contribution >= 4 is 11.6 Å². The van der Waals surface area contributed by atoms with Gasteiger partial charge in [0, 0.05) is 11.4 Å². The molecule has 0 amide bonds. The number of hydrazine groups is 1. The van der Waals surface area contributed by atoms with E-state index in [1.807, 2.05) is 30.3 Å². The fraction of sp³-hybridized carbons (Fsp3) is 0.273. The SMILES string of the molecule is NNC(C1=CCCO1)c1cccc(Cl)c1. The molecule has 0 saturated carbocycles. The van der Waals surface area contributed by atoms with Gasteiger partial charge in [-0.3, -0.25) is 5.84 Å². The summed E-state index contributed by atoms with van der Waals surface area (Å²) >= 11 is 5.92. The number of benzene rings is 1. The van der Waals surface area contributed by atoms with Crippen molar-refractivity contribution in [1.82, 2.24) is 5.43 Å². The van der Waals surface area contributed by atoms with Gasteiger partial charge in [0.05, 0.1) is 6.61 Å². The molecule has 2 rings (SSSR count). The molecule has 0 spiro atoms. The molecular weight excluding hydrogens is 212 g/mol. The van der Waals surface area contributed by atoms with Gasteiger partial charge in [-0.1, -0.05) is 23.7 Å². The van der Waals surface area contributed by atoms with Crippen molar-refractivity contribution in [3.63, 3.8) is 0 Å². The maximum Gasteiger partial charge on any atom is 0.115 e. The van der Waals surface area contributed by atoms with E-state index in [9.17, 15) is 0 Å². The maximum absolute atomic E-state index is 5.92. The molecule has 1 aromatic carbocycles. The van der Waals surface area contributed by atoms with Crippen LogP contribution in [0.15, 0.2) is 36.1 Å². The third-order valence-electron chi connectivity index (χ3n) is 2.37. The third-order valence-corrected chi connectivity index (χ3v) is 2.60. The summed E-state index contributed by atoms with van der Waals surface area (Å²) in [5, 5.41) is 0.700. The Bertz CT molecular complexity index is 379. The van der Waals surface area contributed by atoms with E-state index in [-0.39, 0.29) is 6.04 Å². The lowest BCUT2D eigenvalue weighted by Gasteiger charge is -2.17. The van der Waals surface area contributed by atoms with Gasteiger partial charge in [0.1, 0.15) is 11.8 Å². The summed E-state index contributed by atoms with van der Waals surface area (Å²) < 4.78 is 5.48. The first kappa shape index (κ1) is 10.5. The molecule has 1 unspecified atom stereocenters. The molecule has 0 radical (unpaired) electrons. The van der Waals surface area contributed by atoms with Crippen LogP contribution in [0.3, 0.4) is 0 Å². The summed E-state index contributed by atoms with van der Waals surface area (Å²) in [7, 11) is 0. The van der Waals surface area contributed by atoms with E-state index in [2.05, 4.69) is 5.43 Å². The Kier molecular flexibility index (Phi) is 3.26. The molecule has 4 heteroatoms. The van der Waals surface area contributed by atoms with Crippen LogP contribution in [-0.2, 0) is 4.74 Å². The Hall–Kier alpha value is -1.03. The van der Waals surface area contributed by atoms with Crippen LogP contribution in [0.1, 0.15) is 18.0 Å². The second-order valence-electron chi connectivity index (χ2n) is 3.40. The van der Waals surface area contributed by atoms with E-state index in [4.69, 9.17) is 22.2 Å². The third kappa shape index (κ3) is 2.31. The number of rotatable bonds is 3. The van der Waals surface area contributed by atoms with Crippen molar-refractivity contribution in [3.05, 3.63) is 46.7 Å². The second kappa shape index (κ2) is 4.66. The van der Waals surface area contributed by atoms with Crippen LogP contribution in [-0.4, -0.2) is 6.61 Å². The monoisotopic (exact) mass is 224 g/mol. The summed E-state index contributed by atoms with van der Waals surface area (Å²) in [5.41, 5.74) is 3.75. The minimum atomic E-state index is -0.105. The van der Waals surface area contributed by atoms with Crippen molar-refractivity contribution in [2.75, 3.05) is 6.61 Å². The molecule has 3 nitrogen and oxygen atoms in total. The molecule has 15 heavy (non-hydrogen) atoms. The summed E-state index contributed by atoms with van der Waals surface area (Å²) in [6.07, 6.45) is 2.99. The second-order valence-corrected chi connectivity index (χ2v) is 3.83. The number of halogens is 1. The normalized spacial score (nSPS) is 17.1. The number of hydrogen-bond acceptors (Lipinski definition) is 3. The molecule has 3 N–H and O–H groups in total. The highest BCUT2D eigenvalue weighted by Gasteiger charge is 2.19. The molecule has 1 aromatic rings. The zero-order valence-electron chi connectivity index (χ0n) is 8.24. The molecule has 1 aliphatic rings. The van der Waals surface area contributed by atoms with E-state index in [1.54, 1.807) is 0 Å². The molecule has 0 bridgehead atoms. The molecule has 0 aromatic heterocycles. The average Bonchev–Trinajstić information content (AvgIpc) is 2.72. The average molecular weight is 225 g/mol. The summed E-state index contributed by atoms with van der Waals surface area (Å²) in [6.45, 7) is 0.730. The van der Waals surface area contributed by atoms with Gasteiger partial charge < -0.3 is 4.74 Å². The Balaban J connectivity index is 2.26. The minimum Gasteiger partial charge on any atom is -0.496 e. The van der Waals surface area contributed by atoms with Crippen LogP contribution in [0.25, 0.3) is 0 Å². The smallest absolute Gasteiger partial charge is 0.115 e. The Morgan fingerprint density at radius 3 is 2.93 bits per heavy atom. The fourth-order valence-electron chi connectivity index (χ4n) is 1.67. The zero-order chi connectivity index (χ0) is 10.7. The van der Waals surface area contributed by atoms with Gasteiger partial charge in [0.2, 0.25) is 0 Å². The minimum absolute atomic E-state index is 0.105. The zero-order valence-corrected chi connectivity index (χ0v) is 9.00. The molecule has 0 fully saturated rings. The van der Waals surface area contributed by atoms with Crippen molar-refractivity contribution in [3.8, 4) is 0 Å². The first-order chi connectivity index (χ1) is 7.31. The van der Waals surface area contributed by atoms with Crippen LogP contribution in [0, 0.1) is 0 Å². The molecular formula is C11H13ClN2O. The highest BCUT2D eigenvalue weighted by molar-refractivity contribution is 6.30. The summed E-state index contributed by atoms with van der Waals surface area (Å²) in [4.78, 5) is 0. The Morgan fingerprint density at radius 1 is 1.47 bits per heavy atom. The van der Waals surface area contributed by atoms with E-state index in [0.29, 0.717) is 5.02 Å². The lowest BCUT2D eigenvalue weighted by Crippen LogP contribution is -2.29. The lowest BCUT2D eigenvalue weighted by molar-refractivity contribution is 0.215. The number of nitrogens with two attached hydrogens (primary N) is 1. The number of hydrogen-bond donors (Lipinski definition) is 2. The Morgan fingerprint density at radius 2 is 2.33 bits per heavy atom. The van der Waals surface area contributed by atoms with Gasteiger partial charge in [-0.25, -0.2) is 5.43 Å². The molecule has 80 valence electrons. The van der Waals surface area contributed by atoms with Gasteiger partial charge in [0.25, 0.3) is 0 Å². The van der Waals surface area contributed by atoms with Crippen molar-refractivity contribution in [1.29, 1.82) is 0 Å². The van der Waals surface area contributed by atoms with Gasteiger partial charge in [-0.05, 0) is 23.8 Å². The Labute approximate surface area is 93.8 Å². The van der Waals surface area contributed by atoms with Crippen molar-refractivity contribution in [2.24, 2.45) is 5.84 Å². The van der Waals surface area contributed by atoms with Crippen molar-refractivity contribution in [2.45, 2.75) is 12.5 Å². The van der Waals surface area contributed by atoms with Gasteiger partial charge >= 0.3 is 0 Å². The summed E-state index contributed by atoms with van der Waals surface area (Å²) in [5.74, 6) is 6.40. The molecule has 1 atom stereocenters. The number of ether oxygens (including phenoxy) is 1. The highest BCUT2D eigenvalue weighted by Crippen LogP contribution is 2.27. The maximum atomic E-state index is 5.92. The lowest BCUT2D eigenvalue weighted by atomic mass is 10.1. The van der Waals surface area contributed by atoms with E-state index in [1.165, 1.54) is 0 Å². The molecule has 1 aliphatic heterocycles.